The van der Waals surface area contributed by atoms with Crippen LogP contribution in [0.3, 0.4) is 0 Å². The second kappa shape index (κ2) is 71.6. The predicted molar refractivity (Wildman–Crippen MR) is 358 cm³/mol. The van der Waals surface area contributed by atoms with Gasteiger partial charge in [0.2, 0.25) is 0 Å². The van der Waals surface area contributed by atoms with Crippen molar-refractivity contribution in [2.75, 3.05) is 13.2 Å². The lowest BCUT2D eigenvalue weighted by atomic mass is 10.0. The molecule has 0 N–H and O–H groups in total. The number of carbonyl (C=O) groups is 3. The summed E-state index contributed by atoms with van der Waals surface area (Å²) in [6, 6.07) is 0. The quantitative estimate of drug-likeness (QED) is 0.0261. The highest BCUT2D eigenvalue weighted by Gasteiger charge is 2.20. The molecule has 82 heavy (non-hydrogen) atoms. The average Bonchev–Trinajstić information content (AvgIpc) is 3.47. The van der Waals surface area contributed by atoms with E-state index in [2.05, 4.69) is 32.9 Å². The summed E-state index contributed by atoms with van der Waals surface area (Å²) >= 11 is 0. The van der Waals surface area contributed by atoms with Crippen LogP contribution in [-0.2, 0) is 28.6 Å². The highest BCUT2D eigenvalue weighted by molar-refractivity contribution is 5.71. The molecule has 0 aromatic heterocycles. The molecule has 1 atom stereocenters. The Labute approximate surface area is 513 Å². The minimum atomic E-state index is -0.770. The molecule has 0 aliphatic carbocycles. The maximum Gasteiger partial charge on any atom is 0.306 e. The van der Waals surface area contributed by atoms with Gasteiger partial charge in [-0.1, -0.05) is 386 Å². The van der Waals surface area contributed by atoms with E-state index in [1.807, 2.05) is 0 Å². The Kier molecular flexibility index (Phi) is 70.0. The molecule has 0 bridgehead atoms. The SMILES string of the molecule is CCCCCCC/C=C\CCCCCCCC(=O)OCC(COC(=O)CCCCCCCCCCCCCCCCCCCCCCCCCCCCCCCCC)OC(=O)CCCCCCCCCCCCCCCCCCCCC. The number of carbonyl (C=O) groups excluding carboxylic acids is 3. The average molecular weight is 1160 g/mol. The van der Waals surface area contributed by atoms with E-state index in [0.717, 1.165) is 64.2 Å². The zero-order chi connectivity index (χ0) is 59.2. The largest absolute Gasteiger partial charge is 0.462 e. The van der Waals surface area contributed by atoms with Crippen LogP contribution in [0, 0.1) is 0 Å². The van der Waals surface area contributed by atoms with Crippen LogP contribution in [0.1, 0.15) is 438 Å². The van der Waals surface area contributed by atoms with Crippen molar-refractivity contribution in [3.05, 3.63) is 12.2 Å². The molecule has 1 unspecified atom stereocenters. The third-order valence-corrected chi connectivity index (χ3v) is 17.5. The van der Waals surface area contributed by atoms with Crippen molar-refractivity contribution in [3.63, 3.8) is 0 Å². The fraction of sp³-hybridized carbons (Fsp3) is 0.934. The summed E-state index contributed by atoms with van der Waals surface area (Å²) in [5, 5.41) is 0. The van der Waals surface area contributed by atoms with E-state index in [9.17, 15) is 14.4 Å². The van der Waals surface area contributed by atoms with E-state index in [1.165, 1.54) is 334 Å². The lowest BCUT2D eigenvalue weighted by Crippen LogP contribution is -2.30. The number of hydrogen-bond acceptors (Lipinski definition) is 6. The Hall–Kier alpha value is -1.85. The van der Waals surface area contributed by atoms with Gasteiger partial charge in [0.05, 0.1) is 0 Å². The topological polar surface area (TPSA) is 78.9 Å². The summed E-state index contributed by atoms with van der Waals surface area (Å²) in [5.74, 6) is -0.837. The molecule has 0 saturated carbocycles. The van der Waals surface area contributed by atoms with Crippen LogP contribution in [0.2, 0.25) is 0 Å². The highest BCUT2D eigenvalue weighted by Crippen LogP contribution is 2.20. The lowest BCUT2D eigenvalue weighted by Gasteiger charge is -2.18. The van der Waals surface area contributed by atoms with Gasteiger partial charge in [-0.2, -0.15) is 0 Å². The molecule has 0 aromatic rings. The number of hydrogen-bond donors (Lipinski definition) is 0. The number of ether oxygens (including phenoxy) is 3. The Balaban J connectivity index is 4.13. The molecular weight excluding hydrogens is 1010 g/mol. The zero-order valence-corrected chi connectivity index (χ0v) is 56.1. The van der Waals surface area contributed by atoms with Gasteiger partial charge in [-0.25, -0.2) is 0 Å². The first-order chi connectivity index (χ1) is 40.5. The number of rotatable bonds is 71. The third kappa shape index (κ3) is 68.9. The minimum Gasteiger partial charge on any atom is -0.462 e. The van der Waals surface area contributed by atoms with E-state index in [4.69, 9.17) is 14.2 Å². The Morgan fingerprint density at radius 1 is 0.232 bits per heavy atom. The van der Waals surface area contributed by atoms with Crippen LogP contribution in [0.15, 0.2) is 12.2 Å². The second-order valence-corrected chi connectivity index (χ2v) is 25.9. The van der Waals surface area contributed by atoms with Crippen LogP contribution >= 0.6 is 0 Å². The van der Waals surface area contributed by atoms with Gasteiger partial charge in [0.15, 0.2) is 6.10 Å². The zero-order valence-electron chi connectivity index (χ0n) is 56.1. The van der Waals surface area contributed by atoms with Crippen LogP contribution in [0.4, 0.5) is 0 Å². The van der Waals surface area contributed by atoms with Crippen molar-refractivity contribution < 1.29 is 28.6 Å². The third-order valence-electron chi connectivity index (χ3n) is 17.5. The first kappa shape index (κ1) is 80.2. The molecule has 0 aliphatic heterocycles. The normalized spacial score (nSPS) is 12.0. The van der Waals surface area contributed by atoms with Gasteiger partial charge in [-0.15, -0.1) is 0 Å². The van der Waals surface area contributed by atoms with Gasteiger partial charge in [-0.3, -0.25) is 14.4 Å². The van der Waals surface area contributed by atoms with E-state index in [1.54, 1.807) is 0 Å². The van der Waals surface area contributed by atoms with Crippen molar-refractivity contribution in [2.45, 2.75) is 444 Å². The molecule has 0 radical (unpaired) electrons. The fourth-order valence-electron chi connectivity index (χ4n) is 11.9. The van der Waals surface area contributed by atoms with Crippen LogP contribution in [-0.4, -0.2) is 37.2 Å². The summed E-state index contributed by atoms with van der Waals surface area (Å²) in [5.41, 5.74) is 0. The molecule has 0 aliphatic rings. The van der Waals surface area contributed by atoms with Crippen molar-refractivity contribution in [1.29, 1.82) is 0 Å². The first-order valence-corrected chi connectivity index (χ1v) is 37.7. The second-order valence-electron chi connectivity index (χ2n) is 25.9. The first-order valence-electron chi connectivity index (χ1n) is 37.7. The Morgan fingerprint density at radius 2 is 0.402 bits per heavy atom. The molecule has 486 valence electrons. The maximum atomic E-state index is 13.0. The van der Waals surface area contributed by atoms with E-state index >= 15 is 0 Å². The number of esters is 3. The molecule has 0 fully saturated rings. The van der Waals surface area contributed by atoms with Gasteiger partial charge in [0.1, 0.15) is 13.2 Å². The van der Waals surface area contributed by atoms with Gasteiger partial charge in [-0.05, 0) is 44.9 Å². The smallest absolute Gasteiger partial charge is 0.306 e. The predicted octanol–water partition coefficient (Wildman–Crippen LogP) is 26.0. The van der Waals surface area contributed by atoms with Crippen molar-refractivity contribution in [1.82, 2.24) is 0 Å². The molecular formula is C76H146O6. The maximum absolute atomic E-state index is 13.0. The highest BCUT2D eigenvalue weighted by atomic mass is 16.6. The molecule has 0 saturated heterocycles. The van der Waals surface area contributed by atoms with Crippen LogP contribution in [0.25, 0.3) is 0 Å². The summed E-state index contributed by atoms with van der Waals surface area (Å²) in [6.45, 7) is 6.72. The van der Waals surface area contributed by atoms with E-state index in [-0.39, 0.29) is 31.1 Å². The van der Waals surface area contributed by atoms with Gasteiger partial charge < -0.3 is 14.2 Å². The number of unbranched alkanes of at least 4 members (excludes halogenated alkanes) is 58. The molecule has 0 heterocycles. The summed E-state index contributed by atoms with van der Waals surface area (Å²) in [7, 11) is 0. The molecule has 0 rings (SSSR count). The Bertz CT molecular complexity index is 1280. The minimum absolute atomic E-state index is 0.0655. The summed E-state index contributed by atoms with van der Waals surface area (Å²) in [6.07, 6.45) is 87.0. The van der Waals surface area contributed by atoms with Gasteiger partial charge >= 0.3 is 17.9 Å². The molecule has 0 aromatic carbocycles. The lowest BCUT2D eigenvalue weighted by molar-refractivity contribution is -0.167. The molecule has 6 heteroatoms. The van der Waals surface area contributed by atoms with Crippen LogP contribution < -0.4 is 0 Å². The van der Waals surface area contributed by atoms with E-state index in [0.29, 0.717) is 19.3 Å². The van der Waals surface area contributed by atoms with Crippen molar-refractivity contribution in [2.24, 2.45) is 0 Å². The van der Waals surface area contributed by atoms with Gasteiger partial charge in [0, 0.05) is 19.3 Å². The summed E-state index contributed by atoms with van der Waals surface area (Å²) < 4.78 is 17.0. The summed E-state index contributed by atoms with van der Waals surface area (Å²) in [4.78, 5) is 38.5. The number of allylic oxidation sites excluding steroid dienone is 2. The van der Waals surface area contributed by atoms with Crippen LogP contribution in [0.5, 0.6) is 0 Å². The monoisotopic (exact) mass is 1160 g/mol. The Morgan fingerprint density at radius 3 is 0.610 bits per heavy atom. The fourth-order valence-corrected chi connectivity index (χ4v) is 11.9. The molecule has 0 spiro atoms. The standard InChI is InChI=1S/C76H146O6/c1-4-7-10-13-16-19-22-25-28-30-32-33-34-35-36-37-38-39-40-41-42-43-45-46-48-51-54-57-60-63-66-69-75(78)81-72-73(71-80-74(77)68-65-62-59-56-53-50-27-24-21-18-15-12-9-6-3)82-76(79)70-67-64-61-58-55-52-49-47-44-31-29-26-23-20-17-14-11-8-5-2/h24,27,73H,4-23,25-26,28-72H2,1-3H3/b27-24-. The van der Waals surface area contributed by atoms with Gasteiger partial charge in [0.25, 0.3) is 0 Å². The molecule has 6 nitrogen and oxygen atoms in total. The van der Waals surface area contributed by atoms with Crippen molar-refractivity contribution >= 4 is 17.9 Å². The van der Waals surface area contributed by atoms with E-state index < -0.39 is 6.10 Å². The molecule has 0 amide bonds. The van der Waals surface area contributed by atoms with Crippen molar-refractivity contribution in [3.8, 4) is 0 Å².